The van der Waals surface area contributed by atoms with Crippen molar-refractivity contribution in [1.82, 2.24) is 5.32 Å². The van der Waals surface area contributed by atoms with Gasteiger partial charge in [0, 0.05) is 5.92 Å². The molecule has 0 aliphatic carbocycles. The van der Waals surface area contributed by atoms with Crippen molar-refractivity contribution in [2.75, 3.05) is 0 Å². The van der Waals surface area contributed by atoms with Crippen molar-refractivity contribution in [2.24, 2.45) is 5.92 Å². The van der Waals surface area contributed by atoms with E-state index in [-0.39, 0.29) is 18.2 Å². The van der Waals surface area contributed by atoms with Gasteiger partial charge in [-0.1, -0.05) is 38.8 Å². The number of amides is 1. The molecule has 2 atom stereocenters. The Balaban J connectivity index is 2.76. The number of carbonyl (C=O) groups excluding carboxylic acids is 1. The first-order valence-electron chi connectivity index (χ1n) is 7.21. The van der Waals surface area contributed by atoms with Crippen LogP contribution in [0.5, 0.6) is 0 Å². The molecule has 0 bridgehead atoms. The van der Waals surface area contributed by atoms with Crippen molar-refractivity contribution < 1.29 is 19.1 Å². The highest BCUT2D eigenvalue weighted by Gasteiger charge is 2.21. The van der Waals surface area contributed by atoms with Crippen LogP contribution in [-0.4, -0.2) is 17.0 Å². The minimum Gasteiger partial charge on any atom is -0.481 e. The second-order valence-electron chi connectivity index (χ2n) is 5.25. The van der Waals surface area contributed by atoms with E-state index in [2.05, 4.69) is 12.2 Å². The molecule has 2 N–H and O–H groups in total. The molecule has 1 rings (SSSR count). The van der Waals surface area contributed by atoms with E-state index in [4.69, 9.17) is 5.11 Å². The quantitative estimate of drug-likeness (QED) is 0.773. The third-order valence-corrected chi connectivity index (χ3v) is 3.41. The zero-order chi connectivity index (χ0) is 15.8. The molecule has 0 spiro atoms. The van der Waals surface area contributed by atoms with Gasteiger partial charge in [-0.2, -0.15) is 0 Å². The van der Waals surface area contributed by atoms with Gasteiger partial charge in [0.15, 0.2) is 0 Å². The summed E-state index contributed by atoms with van der Waals surface area (Å²) in [7, 11) is 0. The molecule has 5 heteroatoms. The monoisotopic (exact) mass is 295 g/mol. The lowest BCUT2D eigenvalue weighted by molar-refractivity contribution is -0.137. The summed E-state index contributed by atoms with van der Waals surface area (Å²) in [5.74, 6) is -1.73. The third kappa shape index (κ3) is 5.94. The van der Waals surface area contributed by atoms with Crippen LogP contribution in [0.3, 0.4) is 0 Å². The molecule has 2 unspecified atom stereocenters. The average molecular weight is 295 g/mol. The van der Waals surface area contributed by atoms with E-state index in [1.165, 1.54) is 24.3 Å². The molecular weight excluding hydrogens is 273 g/mol. The van der Waals surface area contributed by atoms with Crippen LogP contribution in [-0.2, 0) is 9.59 Å². The van der Waals surface area contributed by atoms with Crippen LogP contribution in [0.4, 0.5) is 4.39 Å². The van der Waals surface area contributed by atoms with Crippen molar-refractivity contribution in [2.45, 2.75) is 45.6 Å². The first kappa shape index (κ1) is 17.1. The number of halogens is 1. The molecule has 0 saturated heterocycles. The number of benzene rings is 1. The summed E-state index contributed by atoms with van der Waals surface area (Å²) in [5, 5.41) is 11.7. The van der Waals surface area contributed by atoms with Gasteiger partial charge in [-0.25, -0.2) is 4.39 Å². The predicted molar refractivity (Wildman–Crippen MR) is 78.2 cm³/mol. The maximum atomic E-state index is 12.9. The fourth-order valence-electron chi connectivity index (χ4n) is 2.08. The fourth-order valence-corrected chi connectivity index (χ4v) is 2.08. The molecule has 1 aromatic rings. The van der Waals surface area contributed by atoms with E-state index in [9.17, 15) is 14.0 Å². The summed E-state index contributed by atoms with van der Waals surface area (Å²) in [5.41, 5.74) is 0.592. The summed E-state index contributed by atoms with van der Waals surface area (Å²) < 4.78 is 12.9. The van der Waals surface area contributed by atoms with Gasteiger partial charge in [0.05, 0.1) is 12.5 Å². The van der Waals surface area contributed by atoms with Gasteiger partial charge in [-0.3, -0.25) is 9.59 Å². The van der Waals surface area contributed by atoms with Crippen LogP contribution in [0.2, 0.25) is 0 Å². The summed E-state index contributed by atoms with van der Waals surface area (Å²) in [6.07, 6.45) is 2.51. The molecule has 0 fully saturated rings. The second kappa shape index (κ2) is 8.39. The van der Waals surface area contributed by atoms with Crippen LogP contribution < -0.4 is 5.32 Å². The number of hydrogen-bond donors (Lipinski definition) is 2. The number of carbonyl (C=O) groups is 2. The van der Waals surface area contributed by atoms with E-state index >= 15 is 0 Å². The number of carboxylic acids is 1. The number of nitrogens with one attached hydrogen (secondary N) is 1. The Kier molecular flexibility index (Phi) is 6.85. The number of carboxylic acid groups (broad SMARTS) is 1. The smallest absolute Gasteiger partial charge is 0.305 e. The first-order chi connectivity index (χ1) is 9.93. The normalized spacial score (nSPS) is 13.5. The van der Waals surface area contributed by atoms with Crippen molar-refractivity contribution in [1.29, 1.82) is 0 Å². The van der Waals surface area contributed by atoms with E-state index in [0.717, 1.165) is 19.3 Å². The Morgan fingerprint density at radius 2 is 1.90 bits per heavy atom. The van der Waals surface area contributed by atoms with Gasteiger partial charge in [-0.15, -0.1) is 0 Å². The summed E-state index contributed by atoms with van der Waals surface area (Å²) in [4.78, 5) is 23.1. The lowest BCUT2D eigenvalue weighted by Gasteiger charge is -2.20. The molecule has 21 heavy (non-hydrogen) atoms. The van der Waals surface area contributed by atoms with Crippen molar-refractivity contribution in [3.63, 3.8) is 0 Å². The van der Waals surface area contributed by atoms with Crippen LogP contribution in [0, 0.1) is 11.7 Å². The van der Waals surface area contributed by atoms with Crippen LogP contribution in [0.15, 0.2) is 24.3 Å². The van der Waals surface area contributed by atoms with Crippen molar-refractivity contribution >= 4 is 11.9 Å². The van der Waals surface area contributed by atoms with Crippen LogP contribution >= 0.6 is 0 Å². The average Bonchev–Trinajstić information content (AvgIpc) is 2.44. The van der Waals surface area contributed by atoms with Crippen LogP contribution in [0.25, 0.3) is 0 Å². The minimum atomic E-state index is -1.01. The molecule has 1 aromatic carbocycles. The zero-order valence-corrected chi connectivity index (χ0v) is 12.4. The highest BCUT2D eigenvalue weighted by atomic mass is 19.1. The molecule has 0 saturated carbocycles. The highest BCUT2D eigenvalue weighted by molar-refractivity contribution is 5.79. The van der Waals surface area contributed by atoms with Gasteiger partial charge in [-0.05, 0) is 24.1 Å². The number of hydrogen-bond acceptors (Lipinski definition) is 2. The SMILES string of the molecule is CCCCC(C)C(=O)NC(CC(=O)O)c1ccc(F)cc1. The van der Waals surface area contributed by atoms with Crippen molar-refractivity contribution in [3.8, 4) is 0 Å². The van der Waals surface area contributed by atoms with Gasteiger partial charge in [0.25, 0.3) is 0 Å². The van der Waals surface area contributed by atoms with Crippen LogP contribution in [0.1, 0.15) is 51.1 Å². The number of aliphatic carboxylic acids is 1. The molecule has 0 aliphatic rings. The Bertz CT molecular complexity index is 473. The number of rotatable bonds is 8. The van der Waals surface area contributed by atoms with Gasteiger partial charge >= 0.3 is 5.97 Å². The molecular formula is C16H22FNO3. The summed E-state index contributed by atoms with van der Waals surface area (Å²) >= 11 is 0. The van der Waals surface area contributed by atoms with Gasteiger partial charge in [0.1, 0.15) is 5.82 Å². The first-order valence-corrected chi connectivity index (χ1v) is 7.21. The lowest BCUT2D eigenvalue weighted by atomic mass is 10.00. The Morgan fingerprint density at radius 3 is 2.43 bits per heavy atom. The van der Waals surface area contributed by atoms with E-state index < -0.39 is 17.8 Å². The molecule has 116 valence electrons. The van der Waals surface area contributed by atoms with E-state index in [1.54, 1.807) is 0 Å². The Labute approximate surface area is 124 Å². The molecule has 4 nitrogen and oxygen atoms in total. The predicted octanol–water partition coefficient (Wildman–Crippen LogP) is 3.28. The zero-order valence-electron chi connectivity index (χ0n) is 12.4. The fraction of sp³-hybridized carbons (Fsp3) is 0.500. The molecule has 0 aromatic heterocycles. The maximum Gasteiger partial charge on any atom is 0.305 e. The van der Waals surface area contributed by atoms with E-state index in [0.29, 0.717) is 5.56 Å². The molecule has 0 heterocycles. The third-order valence-electron chi connectivity index (χ3n) is 3.41. The minimum absolute atomic E-state index is 0.165. The standard InChI is InChI=1S/C16H22FNO3/c1-3-4-5-11(2)16(21)18-14(10-15(19)20)12-6-8-13(17)9-7-12/h6-9,11,14H,3-5,10H2,1-2H3,(H,18,21)(H,19,20). The second-order valence-corrected chi connectivity index (χ2v) is 5.25. The number of unbranched alkanes of at least 4 members (excludes halogenated alkanes) is 1. The highest BCUT2D eigenvalue weighted by Crippen LogP contribution is 2.19. The summed E-state index contributed by atoms with van der Waals surface area (Å²) in [6, 6.07) is 4.88. The largest absolute Gasteiger partial charge is 0.481 e. The van der Waals surface area contributed by atoms with Gasteiger partial charge < -0.3 is 10.4 Å². The van der Waals surface area contributed by atoms with Gasteiger partial charge in [0.2, 0.25) is 5.91 Å². The van der Waals surface area contributed by atoms with Crippen molar-refractivity contribution in [3.05, 3.63) is 35.6 Å². The molecule has 1 amide bonds. The lowest BCUT2D eigenvalue weighted by Crippen LogP contribution is -2.34. The molecule has 0 aliphatic heterocycles. The van der Waals surface area contributed by atoms with E-state index in [1.807, 2.05) is 6.92 Å². The summed E-state index contributed by atoms with van der Waals surface area (Å²) in [6.45, 7) is 3.88. The Morgan fingerprint density at radius 1 is 1.29 bits per heavy atom. The maximum absolute atomic E-state index is 12.9. The Hall–Kier alpha value is -1.91. The molecule has 0 radical (unpaired) electrons. The topological polar surface area (TPSA) is 66.4 Å².